The van der Waals surface area contributed by atoms with Crippen LogP contribution in [0.15, 0.2) is 54.6 Å². The maximum absolute atomic E-state index is 13.0. The van der Waals surface area contributed by atoms with Crippen LogP contribution in [0.1, 0.15) is 15.2 Å². The number of carbonyl (C=O) groups is 1. The van der Waals surface area contributed by atoms with Gasteiger partial charge in [-0.25, -0.2) is 4.39 Å². The molecule has 4 nitrogen and oxygen atoms in total. The number of phenols is 2. The van der Waals surface area contributed by atoms with Crippen molar-refractivity contribution in [1.82, 2.24) is 5.32 Å². The molecule has 0 fully saturated rings. The van der Waals surface area contributed by atoms with Gasteiger partial charge in [0.15, 0.2) is 11.5 Å². The number of thiophene rings is 1. The van der Waals surface area contributed by atoms with E-state index in [2.05, 4.69) is 5.32 Å². The first-order chi connectivity index (χ1) is 12.0. The van der Waals surface area contributed by atoms with Crippen molar-refractivity contribution in [3.63, 3.8) is 0 Å². The van der Waals surface area contributed by atoms with E-state index in [1.165, 1.54) is 35.6 Å². The summed E-state index contributed by atoms with van der Waals surface area (Å²) in [6.45, 7) is 0.410. The highest BCUT2D eigenvalue weighted by atomic mass is 32.1. The Morgan fingerprint density at radius 2 is 1.76 bits per heavy atom. The minimum Gasteiger partial charge on any atom is -0.504 e. The maximum atomic E-state index is 13.0. The van der Waals surface area contributed by atoms with E-state index in [1.807, 2.05) is 6.07 Å². The van der Waals surface area contributed by atoms with E-state index in [-0.39, 0.29) is 23.2 Å². The number of aromatic hydroxyl groups is 2. The average Bonchev–Trinajstić information content (AvgIpc) is 3.09. The fraction of sp³-hybridized carbons (Fsp3) is 0.105. The van der Waals surface area contributed by atoms with Gasteiger partial charge in [0.1, 0.15) is 5.82 Å². The normalized spacial score (nSPS) is 10.6. The average molecular weight is 357 g/mol. The molecular weight excluding hydrogens is 341 g/mol. The van der Waals surface area contributed by atoms with Gasteiger partial charge < -0.3 is 15.5 Å². The van der Waals surface area contributed by atoms with E-state index < -0.39 is 0 Å². The zero-order valence-electron chi connectivity index (χ0n) is 13.2. The number of halogens is 1. The number of benzene rings is 2. The van der Waals surface area contributed by atoms with Gasteiger partial charge in [0.05, 0.1) is 4.88 Å². The summed E-state index contributed by atoms with van der Waals surface area (Å²) >= 11 is 1.34. The fourth-order valence-electron chi connectivity index (χ4n) is 2.36. The number of carbonyl (C=O) groups excluding carboxylic acids is 1. The Hall–Kier alpha value is -2.86. The summed E-state index contributed by atoms with van der Waals surface area (Å²) < 4.78 is 13.0. The van der Waals surface area contributed by atoms with Gasteiger partial charge in [0.25, 0.3) is 5.91 Å². The Morgan fingerprint density at radius 1 is 1.00 bits per heavy atom. The Kier molecular flexibility index (Phi) is 5.00. The van der Waals surface area contributed by atoms with Gasteiger partial charge >= 0.3 is 0 Å². The molecule has 3 rings (SSSR count). The molecule has 3 N–H and O–H groups in total. The van der Waals surface area contributed by atoms with Gasteiger partial charge in [0.2, 0.25) is 0 Å². The van der Waals surface area contributed by atoms with Gasteiger partial charge in [0, 0.05) is 11.4 Å². The van der Waals surface area contributed by atoms with Crippen LogP contribution in [-0.2, 0) is 6.42 Å². The van der Waals surface area contributed by atoms with E-state index in [4.69, 9.17) is 0 Å². The molecule has 128 valence electrons. The second-order valence-corrected chi connectivity index (χ2v) is 6.58. The highest BCUT2D eigenvalue weighted by molar-refractivity contribution is 7.17. The predicted octanol–water partition coefficient (Wildman–Crippen LogP) is 3.94. The third-order valence-electron chi connectivity index (χ3n) is 3.70. The Labute approximate surface area is 148 Å². The van der Waals surface area contributed by atoms with Gasteiger partial charge in [-0.15, -0.1) is 11.3 Å². The lowest BCUT2D eigenvalue weighted by Crippen LogP contribution is -2.24. The van der Waals surface area contributed by atoms with Crippen molar-refractivity contribution in [2.24, 2.45) is 0 Å². The van der Waals surface area contributed by atoms with Crippen molar-refractivity contribution < 1.29 is 19.4 Å². The summed E-state index contributed by atoms with van der Waals surface area (Å²) in [6, 6.07) is 14.3. The summed E-state index contributed by atoms with van der Waals surface area (Å²) in [4.78, 5) is 13.7. The van der Waals surface area contributed by atoms with Crippen LogP contribution in [0, 0.1) is 5.82 Å². The highest BCUT2D eigenvalue weighted by Crippen LogP contribution is 2.28. The number of hydrogen-bond donors (Lipinski definition) is 3. The second-order valence-electron chi connectivity index (χ2n) is 5.50. The minimum absolute atomic E-state index is 0.167. The van der Waals surface area contributed by atoms with Crippen molar-refractivity contribution in [2.45, 2.75) is 6.42 Å². The molecule has 0 aliphatic heterocycles. The molecule has 0 bridgehead atoms. The van der Waals surface area contributed by atoms with Gasteiger partial charge in [-0.3, -0.25) is 4.79 Å². The van der Waals surface area contributed by atoms with E-state index in [1.54, 1.807) is 24.3 Å². The van der Waals surface area contributed by atoms with E-state index >= 15 is 0 Å². The monoisotopic (exact) mass is 357 g/mol. The Balaban J connectivity index is 1.58. The highest BCUT2D eigenvalue weighted by Gasteiger charge is 2.10. The smallest absolute Gasteiger partial charge is 0.261 e. The molecule has 3 aromatic rings. The van der Waals surface area contributed by atoms with Crippen LogP contribution >= 0.6 is 11.3 Å². The molecule has 6 heteroatoms. The molecule has 1 amide bonds. The summed E-state index contributed by atoms with van der Waals surface area (Å²) in [7, 11) is 0. The standard InChI is InChI=1S/C19H16FNO3S/c20-14-4-2-13(3-5-14)17-7-8-18(25-17)19(24)21-10-9-12-1-6-15(22)16(23)11-12/h1-8,11,22-23H,9-10H2,(H,21,24). The molecule has 0 atom stereocenters. The quantitative estimate of drug-likeness (QED) is 0.606. The molecular formula is C19H16FNO3S. The number of nitrogens with one attached hydrogen (secondary N) is 1. The van der Waals surface area contributed by atoms with Crippen molar-refractivity contribution in [3.8, 4) is 21.9 Å². The number of amides is 1. The van der Waals surface area contributed by atoms with Crippen LogP contribution in [-0.4, -0.2) is 22.7 Å². The summed E-state index contributed by atoms with van der Waals surface area (Å²) in [5, 5.41) is 21.6. The lowest BCUT2D eigenvalue weighted by Gasteiger charge is -2.05. The van der Waals surface area contributed by atoms with Crippen molar-refractivity contribution in [2.75, 3.05) is 6.54 Å². The zero-order valence-corrected chi connectivity index (χ0v) is 14.0. The largest absolute Gasteiger partial charge is 0.504 e. The van der Waals surface area contributed by atoms with E-state index in [0.29, 0.717) is 17.8 Å². The summed E-state index contributed by atoms with van der Waals surface area (Å²) in [6.07, 6.45) is 0.537. The first kappa shape index (κ1) is 17.0. The molecule has 0 unspecified atom stereocenters. The molecule has 0 saturated carbocycles. The topological polar surface area (TPSA) is 69.6 Å². The number of phenolic OH excluding ortho intramolecular Hbond substituents is 2. The van der Waals surface area contributed by atoms with Crippen molar-refractivity contribution in [1.29, 1.82) is 0 Å². The molecule has 1 heterocycles. The second kappa shape index (κ2) is 7.36. The van der Waals surface area contributed by atoms with Crippen LogP contribution in [0.3, 0.4) is 0 Å². The first-order valence-corrected chi connectivity index (χ1v) is 8.49. The van der Waals surface area contributed by atoms with Crippen LogP contribution < -0.4 is 5.32 Å². The molecule has 25 heavy (non-hydrogen) atoms. The first-order valence-electron chi connectivity index (χ1n) is 7.68. The van der Waals surface area contributed by atoms with Crippen molar-refractivity contribution >= 4 is 17.2 Å². The molecule has 0 radical (unpaired) electrons. The Bertz CT molecular complexity index is 890. The molecule has 0 aliphatic rings. The van der Waals surface area contributed by atoms with Crippen LogP contribution in [0.2, 0.25) is 0 Å². The van der Waals surface area contributed by atoms with Gasteiger partial charge in [-0.1, -0.05) is 18.2 Å². The molecule has 2 aromatic carbocycles. The number of hydrogen-bond acceptors (Lipinski definition) is 4. The van der Waals surface area contributed by atoms with E-state index in [0.717, 1.165) is 16.0 Å². The van der Waals surface area contributed by atoms with Gasteiger partial charge in [-0.05, 0) is 53.9 Å². The minimum atomic E-state index is -0.293. The number of rotatable bonds is 5. The van der Waals surface area contributed by atoms with Crippen LogP contribution in [0.5, 0.6) is 11.5 Å². The third kappa shape index (κ3) is 4.16. The van der Waals surface area contributed by atoms with E-state index in [9.17, 15) is 19.4 Å². The maximum Gasteiger partial charge on any atom is 0.261 e. The predicted molar refractivity (Wildman–Crippen MR) is 95.5 cm³/mol. The summed E-state index contributed by atoms with van der Waals surface area (Å²) in [5.74, 6) is -0.814. The SMILES string of the molecule is O=C(NCCc1ccc(O)c(O)c1)c1ccc(-c2ccc(F)cc2)s1. The van der Waals surface area contributed by atoms with Gasteiger partial charge in [-0.2, -0.15) is 0 Å². The zero-order chi connectivity index (χ0) is 17.8. The lowest BCUT2D eigenvalue weighted by molar-refractivity contribution is 0.0958. The fourth-order valence-corrected chi connectivity index (χ4v) is 3.29. The summed E-state index contributed by atoms with van der Waals surface area (Å²) in [5.41, 5.74) is 1.68. The lowest BCUT2D eigenvalue weighted by atomic mass is 10.1. The molecule has 1 aromatic heterocycles. The van der Waals surface area contributed by atoms with Crippen molar-refractivity contribution in [3.05, 3.63) is 70.9 Å². The van der Waals surface area contributed by atoms with Crippen LogP contribution in [0.25, 0.3) is 10.4 Å². The Morgan fingerprint density at radius 3 is 2.48 bits per heavy atom. The molecule has 0 spiro atoms. The van der Waals surface area contributed by atoms with Crippen LogP contribution in [0.4, 0.5) is 4.39 Å². The third-order valence-corrected chi connectivity index (χ3v) is 4.83. The molecule has 0 saturated heterocycles. The molecule has 0 aliphatic carbocycles.